The Kier molecular flexibility index (Phi) is 5.96. The summed E-state index contributed by atoms with van der Waals surface area (Å²) >= 11 is 5.96. The summed E-state index contributed by atoms with van der Waals surface area (Å²) in [7, 11) is 2.15. The van der Waals surface area contributed by atoms with E-state index < -0.39 is 0 Å². The van der Waals surface area contributed by atoms with E-state index in [-0.39, 0.29) is 5.91 Å². The third-order valence-corrected chi connectivity index (χ3v) is 4.33. The molecule has 1 fully saturated rings. The predicted molar refractivity (Wildman–Crippen MR) is 84.7 cm³/mol. The fourth-order valence-corrected chi connectivity index (χ4v) is 2.70. The molecule has 0 bridgehead atoms. The second-order valence-corrected chi connectivity index (χ2v) is 6.00. The van der Waals surface area contributed by atoms with Crippen LogP contribution in [0.2, 0.25) is 5.02 Å². The van der Waals surface area contributed by atoms with Gasteiger partial charge in [0, 0.05) is 51.2 Å². The van der Waals surface area contributed by atoms with Crippen molar-refractivity contribution in [2.24, 2.45) is 0 Å². The monoisotopic (exact) mass is 310 g/mol. The lowest BCUT2D eigenvalue weighted by Crippen LogP contribution is -2.48. The average molecular weight is 311 g/mol. The van der Waals surface area contributed by atoms with Gasteiger partial charge in [-0.15, -0.1) is 0 Å². The number of carbonyl (C=O) groups excluding carboxylic acids is 1. The van der Waals surface area contributed by atoms with Crippen LogP contribution in [0.1, 0.15) is 23.7 Å². The largest absolute Gasteiger partial charge is 0.352 e. The van der Waals surface area contributed by atoms with Gasteiger partial charge in [0.1, 0.15) is 0 Å². The van der Waals surface area contributed by atoms with Crippen LogP contribution in [0, 0.1) is 0 Å². The van der Waals surface area contributed by atoms with Crippen molar-refractivity contribution in [3.8, 4) is 0 Å². The zero-order chi connectivity index (χ0) is 15.2. The van der Waals surface area contributed by atoms with Gasteiger partial charge in [0.2, 0.25) is 0 Å². The minimum Gasteiger partial charge on any atom is -0.352 e. The van der Waals surface area contributed by atoms with E-state index in [1.165, 1.54) is 6.20 Å². The van der Waals surface area contributed by atoms with E-state index in [1.54, 1.807) is 12.3 Å². The van der Waals surface area contributed by atoms with Gasteiger partial charge in [-0.25, -0.2) is 0 Å². The van der Waals surface area contributed by atoms with Crippen molar-refractivity contribution in [1.82, 2.24) is 20.1 Å². The zero-order valence-electron chi connectivity index (χ0n) is 12.7. The Hall–Kier alpha value is -1.17. The maximum atomic E-state index is 12.0. The van der Waals surface area contributed by atoms with Gasteiger partial charge in [-0.1, -0.05) is 11.6 Å². The van der Waals surface area contributed by atoms with E-state index in [0.717, 1.165) is 32.6 Å². The third kappa shape index (κ3) is 4.66. The molecule has 2 rings (SSSR count). The number of nitrogens with one attached hydrogen (secondary N) is 1. The molecular formula is C15H23ClN4O. The molecule has 116 valence electrons. The van der Waals surface area contributed by atoms with Gasteiger partial charge in [-0.2, -0.15) is 0 Å². The Morgan fingerprint density at radius 1 is 1.43 bits per heavy atom. The maximum Gasteiger partial charge on any atom is 0.252 e. The van der Waals surface area contributed by atoms with Crippen molar-refractivity contribution in [2.75, 3.05) is 39.8 Å². The van der Waals surface area contributed by atoms with Crippen LogP contribution in [0.5, 0.6) is 0 Å². The topological polar surface area (TPSA) is 48.5 Å². The van der Waals surface area contributed by atoms with Crippen LogP contribution in [0.4, 0.5) is 0 Å². The summed E-state index contributed by atoms with van der Waals surface area (Å²) in [6.07, 6.45) is 4.01. The highest BCUT2D eigenvalue weighted by Crippen LogP contribution is 2.13. The minimum absolute atomic E-state index is 0.132. The molecule has 2 heterocycles. The van der Waals surface area contributed by atoms with Crippen LogP contribution in [0.3, 0.4) is 0 Å². The highest BCUT2D eigenvalue weighted by atomic mass is 35.5. The lowest BCUT2D eigenvalue weighted by Gasteiger charge is -2.36. The molecule has 1 amide bonds. The Bertz CT molecular complexity index is 474. The van der Waals surface area contributed by atoms with Gasteiger partial charge in [-0.3, -0.25) is 14.7 Å². The zero-order valence-corrected chi connectivity index (χ0v) is 13.4. The van der Waals surface area contributed by atoms with Crippen molar-refractivity contribution in [3.05, 3.63) is 29.0 Å². The highest BCUT2D eigenvalue weighted by Gasteiger charge is 2.19. The van der Waals surface area contributed by atoms with Gasteiger partial charge in [0.25, 0.3) is 5.91 Å². The number of amides is 1. The van der Waals surface area contributed by atoms with Crippen molar-refractivity contribution >= 4 is 17.5 Å². The summed E-state index contributed by atoms with van der Waals surface area (Å²) in [4.78, 5) is 20.7. The molecule has 0 unspecified atom stereocenters. The summed E-state index contributed by atoms with van der Waals surface area (Å²) in [6, 6.07) is 2.12. The van der Waals surface area contributed by atoms with Crippen LogP contribution in [-0.4, -0.2) is 66.5 Å². The number of piperazine rings is 1. The lowest BCUT2D eigenvalue weighted by molar-refractivity contribution is 0.0935. The maximum absolute atomic E-state index is 12.0. The molecule has 0 saturated carbocycles. The molecule has 0 radical (unpaired) electrons. The third-order valence-electron chi connectivity index (χ3n) is 4.03. The molecule has 1 aliphatic heterocycles. The van der Waals surface area contributed by atoms with Crippen LogP contribution in [0.15, 0.2) is 18.5 Å². The predicted octanol–water partition coefficient (Wildman–Crippen LogP) is 1.49. The lowest BCUT2D eigenvalue weighted by atomic mass is 10.1. The first-order valence-electron chi connectivity index (χ1n) is 7.38. The van der Waals surface area contributed by atoms with Gasteiger partial charge in [0.05, 0.1) is 10.6 Å². The molecule has 1 aliphatic rings. The summed E-state index contributed by atoms with van der Waals surface area (Å²) in [5.74, 6) is -0.132. The molecule has 21 heavy (non-hydrogen) atoms. The fraction of sp³-hybridized carbons (Fsp3) is 0.600. The Labute approximate surface area is 131 Å². The smallest absolute Gasteiger partial charge is 0.252 e. The van der Waals surface area contributed by atoms with Crippen molar-refractivity contribution in [3.63, 3.8) is 0 Å². The van der Waals surface area contributed by atoms with Crippen molar-refractivity contribution < 1.29 is 4.79 Å². The van der Waals surface area contributed by atoms with E-state index in [9.17, 15) is 4.79 Å². The molecule has 1 aromatic rings. The van der Waals surface area contributed by atoms with Gasteiger partial charge >= 0.3 is 0 Å². The molecule has 1 saturated heterocycles. The molecule has 1 atom stereocenters. The second-order valence-electron chi connectivity index (χ2n) is 5.59. The van der Waals surface area contributed by atoms with Gasteiger partial charge in [-0.05, 0) is 26.5 Å². The molecule has 1 N–H and O–H groups in total. The van der Waals surface area contributed by atoms with Crippen LogP contribution in [-0.2, 0) is 0 Å². The number of rotatable bonds is 5. The standard InChI is InChI=1S/C15H23ClN4O/c1-12(20-9-7-19(2)8-10-20)3-6-18-15(21)13-4-5-17-11-14(13)16/h4-5,11-12H,3,6-10H2,1-2H3,(H,18,21)/t12-/m0/s1. The summed E-state index contributed by atoms with van der Waals surface area (Å²) in [6.45, 7) is 7.30. The minimum atomic E-state index is -0.132. The quantitative estimate of drug-likeness (QED) is 0.895. The van der Waals surface area contributed by atoms with Crippen LogP contribution in [0.25, 0.3) is 0 Å². The number of pyridine rings is 1. The molecule has 0 spiro atoms. The van der Waals surface area contributed by atoms with E-state index in [0.29, 0.717) is 23.2 Å². The number of carbonyl (C=O) groups is 1. The average Bonchev–Trinajstić information content (AvgIpc) is 2.48. The molecule has 0 aromatic carbocycles. The number of likely N-dealkylation sites (N-methyl/N-ethyl adjacent to an activating group) is 1. The summed E-state index contributed by atoms with van der Waals surface area (Å²) in [5, 5.41) is 3.32. The van der Waals surface area contributed by atoms with E-state index in [2.05, 4.69) is 34.1 Å². The number of hydrogen-bond donors (Lipinski definition) is 1. The number of nitrogens with zero attached hydrogens (tertiary/aromatic N) is 3. The van der Waals surface area contributed by atoms with Crippen LogP contribution < -0.4 is 5.32 Å². The Balaban J connectivity index is 1.74. The van der Waals surface area contributed by atoms with E-state index in [4.69, 9.17) is 11.6 Å². The van der Waals surface area contributed by atoms with Gasteiger partial charge < -0.3 is 10.2 Å². The summed E-state index contributed by atoms with van der Waals surface area (Å²) < 4.78 is 0. The number of aromatic nitrogens is 1. The fourth-order valence-electron chi connectivity index (χ4n) is 2.49. The van der Waals surface area contributed by atoms with E-state index in [1.807, 2.05) is 0 Å². The highest BCUT2D eigenvalue weighted by molar-refractivity contribution is 6.33. The van der Waals surface area contributed by atoms with Gasteiger partial charge in [0.15, 0.2) is 0 Å². The molecular weight excluding hydrogens is 288 g/mol. The Morgan fingerprint density at radius 3 is 2.81 bits per heavy atom. The number of halogens is 1. The Morgan fingerprint density at radius 2 is 2.14 bits per heavy atom. The first-order valence-corrected chi connectivity index (χ1v) is 7.76. The van der Waals surface area contributed by atoms with Crippen molar-refractivity contribution in [2.45, 2.75) is 19.4 Å². The van der Waals surface area contributed by atoms with Crippen LogP contribution >= 0.6 is 11.6 Å². The summed E-state index contributed by atoms with van der Waals surface area (Å²) in [5.41, 5.74) is 0.485. The SMILES string of the molecule is C[C@@H](CCNC(=O)c1ccncc1Cl)N1CCN(C)CC1. The molecule has 0 aliphatic carbocycles. The van der Waals surface area contributed by atoms with Crippen molar-refractivity contribution in [1.29, 1.82) is 0 Å². The first-order chi connectivity index (χ1) is 10.1. The molecule has 5 nitrogen and oxygen atoms in total. The molecule has 6 heteroatoms. The van der Waals surface area contributed by atoms with E-state index >= 15 is 0 Å². The second kappa shape index (κ2) is 7.73. The normalized spacial score (nSPS) is 18.4. The first kappa shape index (κ1) is 16.2. The molecule has 1 aromatic heterocycles. The number of hydrogen-bond acceptors (Lipinski definition) is 4.